The molecule has 0 aliphatic rings. The molecule has 0 spiro atoms. The molecule has 0 aromatic heterocycles. The number of nitrogens with zero attached hydrogens (tertiary/aromatic N) is 1. The van der Waals surface area contributed by atoms with Crippen molar-refractivity contribution < 1.29 is 13.2 Å². The Bertz CT molecular complexity index is 1300. The lowest BCUT2D eigenvalue weighted by atomic mass is 10.2. The maximum atomic E-state index is 13.5. The van der Waals surface area contributed by atoms with Crippen molar-refractivity contribution in [2.45, 2.75) is 24.5 Å². The molecule has 0 atom stereocenters. The highest BCUT2D eigenvalue weighted by atomic mass is 35.5. The molecule has 0 aliphatic carbocycles. The van der Waals surface area contributed by atoms with Crippen LogP contribution in [0.2, 0.25) is 15.1 Å². The van der Waals surface area contributed by atoms with Crippen molar-refractivity contribution >= 4 is 68.2 Å². The number of sulfonamides is 1. The zero-order chi connectivity index (χ0) is 25.6. The van der Waals surface area contributed by atoms with E-state index < -0.39 is 15.9 Å². The molecule has 3 aromatic rings. The summed E-state index contributed by atoms with van der Waals surface area (Å²) in [6.45, 7) is 3.66. The number of hydrogen-bond acceptors (Lipinski definition) is 4. The largest absolute Gasteiger partial charge is 0.354 e. The Hall–Kier alpha value is -1.90. The van der Waals surface area contributed by atoms with Crippen molar-refractivity contribution in [1.29, 1.82) is 0 Å². The van der Waals surface area contributed by atoms with E-state index >= 15 is 0 Å². The Morgan fingerprint density at radius 3 is 2.26 bits per heavy atom. The second-order valence-corrected chi connectivity index (χ2v) is 12.1. The van der Waals surface area contributed by atoms with Crippen molar-refractivity contribution in [3.63, 3.8) is 0 Å². The Morgan fingerprint density at radius 2 is 1.60 bits per heavy atom. The number of thioether (sulfide) groups is 1. The number of anilines is 1. The van der Waals surface area contributed by atoms with Crippen LogP contribution in [-0.2, 0) is 20.6 Å². The van der Waals surface area contributed by atoms with Crippen LogP contribution in [0.25, 0.3) is 0 Å². The van der Waals surface area contributed by atoms with E-state index in [4.69, 9.17) is 34.8 Å². The second-order valence-electron chi connectivity index (χ2n) is 7.89. The first-order chi connectivity index (χ1) is 16.6. The molecule has 0 heterocycles. The number of amides is 1. The average molecular weight is 572 g/mol. The standard InChI is InChI=1S/C25H25Cl3N2O3S2/c1-17-3-8-22(9-4-17)35(32,33)30(24-10-7-20(26)13-18(24)2)15-25(31)29-11-12-34-16-19-5-6-21(27)14-23(19)28/h3-10,13-14H,11-12,15-16H2,1-2H3,(H,29,31). The van der Waals surface area contributed by atoms with Gasteiger partial charge in [0.1, 0.15) is 6.54 Å². The monoisotopic (exact) mass is 570 g/mol. The third-order valence-electron chi connectivity index (χ3n) is 5.16. The number of hydrogen-bond donors (Lipinski definition) is 1. The molecule has 0 saturated carbocycles. The number of nitrogens with one attached hydrogen (secondary N) is 1. The zero-order valence-electron chi connectivity index (χ0n) is 19.2. The number of aryl methyl sites for hydroxylation is 2. The zero-order valence-corrected chi connectivity index (χ0v) is 23.1. The van der Waals surface area contributed by atoms with Crippen LogP contribution in [0, 0.1) is 13.8 Å². The van der Waals surface area contributed by atoms with Crippen LogP contribution in [0.3, 0.4) is 0 Å². The van der Waals surface area contributed by atoms with Crippen molar-refractivity contribution in [3.8, 4) is 0 Å². The van der Waals surface area contributed by atoms with E-state index in [2.05, 4.69) is 5.32 Å². The van der Waals surface area contributed by atoms with Crippen LogP contribution >= 0.6 is 46.6 Å². The Balaban J connectivity index is 1.68. The molecule has 0 aliphatic heterocycles. The molecular weight excluding hydrogens is 547 g/mol. The maximum Gasteiger partial charge on any atom is 0.264 e. The molecule has 3 aromatic carbocycles. The van der Waals surface area contributed by atoms with Gasteiger partial charge in [0.15, 0.2) is 0 Å². The first kappa shape index (κ1) is 27.7. The summed E-state index contributed by atoms with van der Waals surface area (Å²) in [6, 6.07) is 16.8. The van der Waals surface area contributed by atoms with E-state index in [0.717, 1.165) is 15.4 Å². The minimum atomic E-state index is -3.98. The highest BCUT2D eigenvalue weighted by molar-refractivity contribution is 7.98. The van der Waals surface area contributed by atoms with E-state index in [9.17, 15) is 13.2 Å². The van der Waals surface area contributed by atoms with Crippen LogP contribution in [-0.4, -0.2) is 33.2 Å². The van der Waals surface area contributed by atoms with Gasteiger partial charge in [-0.2, -0.15) is 11.8 Å². The maximum absolute atomic E-state index is 13.5. The molecule has 10 heteroatoms. The lowest BCUT2D eigenvalue weighted by molar-refractivity contribution is -0.119. The van der Waals surface area contributed by atoms with Gasteiger partial charge in [0, 0.05) is 33.1 Å². The van der Waals surface area contributed by atoms with Gasteiger partial charge in [0.25, 0.3) is 10.0 Å². The van der Waals surface area contributed by atoms with Gasteiger partial charge >= 0.3 is 0 Å². The SMILES string of the molecule is Cc1ccc(S(=O)(=O)N(CC(=O)NCCSCc2ccc(Cl)cc2Cl)c2ccc(Cl)cc2C)cc1. The Morgan fingerprint density at radius 1 is 0.943 bits per heavy atom. The summed E-state index contributed by atoms with van der Waals surface area (Å²) in [7, 11) is -3.98. The first-order valence-corrected chi connectivity index (χ1v) is 14.4. The number of carbonyl (C=O) groups excluding carboxylic acids is 1. The van der Waals surface area contributed by atoms with Crippen molar-refractivity contribution in [3.05, 3.63) is 92.4 Å². The Labute approximate surface area is 225 Å². The summed E-state index contributed by atoms with van der Waals surface area (Å²) in [6.07, 6.45) is 0. The van der Waals surface area contributed by atoms with Crippen molar-refractivity contribution in [2.75, 3.05) is 23.1 Å². The fourth-order valence-electron chi connectivity index (χ4n) is 3.31. The van der Waals surface area contributed by atoms with Gasteiger partial charge in [0.05, 0.1) is 10.6 Å². The van der Waals surface area contributed by atoms with Crippen molar-refractivity contribution in [2.24, 2.45) is 0 Å². The van der Waals surface area contributed by atoms with Gasteiger partial charge in [-0.05, 0) is 67.4 Å². The van der Waals surface area contributed by atoms with Crippen LogP contribution in [0.15, 0.2) is 65.6 Å². The molecule has 3 rings (SSSR count). The minimum Gasteiger partial charge on any atom is -0.354 e. The van der Waals surface area contributed by atoms with Gasteiger partial charge in [0.2, 0.25) is 5.91 Å². The van der Waals surface area contributed by atoms with E-state index in [1.165, 1.54) is 0 Å². The minimum absolute atomic E-state index is 0.112. The van der Waals surface area contributed by atoms with Crippen molar-refractivity contribution in [1.82, 2.24) is 5.32 Å². The summed E-state index contributed by atoms with van der Waals surface area (Å²) in [5.74, 6) is 0.902. The number of carbonyl (C=O) groups is 1. The highest BCUT2D eigenvalue weighted by Gasteiger charge is 2.28. The summed E-state index contributed by atoms with van der Waals surface area (Å²) in [5, 5.41) is 4.48. The fourth-order valence-corrected chi connectivity index (χ4v) is 6.43. The van der Waals surface area contributed by atoms with Gasteiger partial charge in [-0.15, -0.1) is 0 Å². The van der Waals surface area contributed by atoms with E-state index in [-0.39, 0.29) is 11.4 Å². The topological polar surface area (TPSA) is 66.5 Å². The lowest BCUT2D eigenvalue weighted by Crippen LogP contribution is -2.41. The fraction of sp³-hybridized carbons (Fsp3) is 0.240. The van der Waals surface area contributed by atoms with E-state index in [1.54, 1.807) is 73.3 Å². The highest BCUT2D eigenvalue weighted by Crippen LogP contribution is 2.29. The quantitative estimate of drug-likeness (QED) is 0.282. The van der Waals surface area contributed by atoms with Gasteiger partial charge in [-0.25, -0.2) is 8.42 Å². The molecule has 5 nitrogen and oxygen atoms in total. The summed E-state index contributed by atoms with van der Waals surface area (Å²) < 4.78 is 28.1. The van der Waals surface area contributed by atoms with Crippen LogP contribution in [0.4, 0.5) is 5.69 Å². The van der Waals surface area contributed by atoms with Crippen LogP contribution < -0.4 is 9.62 Å². The number of halogens is 3. The molecule has 0 fully saturated rings. The van der Waals surface area contributed by atoms with Gasteiger partial charge < -0.3 is 5.32 Å². The molecular formula is C25H25Cl3N2O3S2. The predicted molar refractivity (Wildman–Crippen MR) is 148 cm³/mol. The van der Waals surface area contributed by atoms with Gasteiger partial charge in [-0.1, -0.05) is 58.6 Å². The van der Waals surface area contributed by atoms with E-state index in [1.807, 2.05) is 13.0 Å². The predicted octanol–water partition coefficient (Wildman–Crippen LogP) is 6.51. The molecule has 186 valence electrons. The average Bonchev–Trinajstić information content (AvgIpc) is 2.79. The van der Waals surface area contributed by atoms with Gasteiger partial charge in [-0.3, -0.25) is 9.10 Å². The molecule has 0 radical (unpaired) electrons. The Kier molecular flexibility index (Phi) is 9.78. The molecule has 35 heavy (non-hydrogen) atoms. The number of rotatable bonds is 10. The second kappa shape index (κ2) is 12.4. The number of benzene rings is 3. The normalized spacial score (nSPS) is 11.3. The smallest absolute Gasteiger partial charge is 0.264 e. The summed E-state index contributed by atoms with van der Waals surface area (Å²) >= 11 is 19.8. The third-order valence-corrected chi connectivity index (χ3v) is 8.77. The molecule has 1 amide bonds. The van der Waals surface area contributed by atoms with Crippen LogP contribution in [0.5, 0.6) is 0 Å². The van der Waals surface area contributed by atoms with Crippen LogP contribution in [0.1, 0.15) is 16.7 Å². The molecule has 1 N–H and O–H groups in total. The molecule has 0 unspecified atom stereocenters. The van der Waals surface area contributed by atoms with E-state index in [0.29, 0.717) is 44.4 Å². The first-order valence-electron chi connectivity index (χ1n) is 10.7. The summed E-state index contributed by atoms with van der Waals surface area (Å²) in [4.78, 5) is 12.9. The lowest BCUT2D eigenvalue weighted by Gasteiger charge is -2.26. The summed E-state index contributed by atoms with van der Waals surface area (Å²) in [5.41, 5.74) is 2.95. The molecule has 0 bridgehead atoms. The molecule has 0 saturated heterocycles. The third kappa shape index (κ3) is 7.54.